The standard InChI is InChI=1S/C23H23F/c1-2-4-18-9-13-21(14-10-18)22-15-11-19(12-16-22)7-8-20-5-3-6-23(24)17-20/h3,5-6,9-17H,2,4,7-8H2,1H3. The molecule has 0 nitrogen and oxygen atoms in total. The highest BCUT2D eigenvalue weighted by Crippen LogP contribution is 2.21. The molecule has 0 saturated carbocycles. The highest BCUT2D eigenvalue weighted by molar-refractivity contribution is 5.64. The van der Waals surface area contributed by atoms with Gasteiger partial charge < -0.3 is 0 Å². The lowest BCUT2D eigenvalue weighted by atomic mass is 9.99. The zero-order valence-electron chi connectivity index (χ0n) is 14.1. The molecule has 0 aliphatic carbocycles. The highest BCUT2D eigenvalue weighted by atomic mass is 19.1. The summed E-state index contributed by atoms with van der Waals surface area (Å²) in [5, 5.41) is 0. The van der Waals surface area contributed by atoms with Crippen LogP contribution in [0.4, 0.5) is 4.39 Å². The first-order chi connectivity index (χ1) is 11.7. The zero-order valence-corrected chi connectivity index (χ0v) is 14.1. The molecule has 3 rings (SSSR count). The predicted molar refractivity (Wildman–Crippen MR) is 99.7 cm³/mol. The van der Waals surface area contributed by atoms with Crippen LogP contribution in [0.3, 0.4) is 0 Å². The van der Waals surface area contributed by atoms with Gasteiger partial charge in [0.15, 0.2) is 0 Å². The second-order valence-electron chi connectivity index (χ2n) is 6.27. The van der Waals surface area contributed by atoms with Gasteiger partial charge in [0, 0.05) is 0 Å². The summed E-state index contributed by atoms with van der Waals surface area (Å²) in [4.78, 5) is 0. The molecule has 24 heavy (non-hydrogen) atoms. The van der Waals surface area contributed by atoms with Gasteiger partial charge in [-0.3, -0.25) is 0 Å². The maximum atomic E-state index is 13.2. The Morgan fingerprint density at radius 1 is 0.625 bits per heavy atom. The van der Waals surface area contributed by atoms with Crippen LogP contribution < -0.4 is 0 Å². The molecule has 3 aromatic rings. The van der Waals surface area contributed by atoms with Crippen molar-refractivity contribution in [2.24, 2.45) is 0 Å². The van der Waals surface area contributed by atoms with Gasteiger partial charge in [0.2, 0.25) is 0 Å². The van der Waals surface area contributed by atoms with Gasteiger partial charge in [-0.15, -0.1) is 0 Å². The first-order valence-corrected chi connectivity index (χ1v) is 8.67. The molecule has 0 spiro atoms. The van der Waals surface area contributed by atoms with E-state index in [0.717, 1.165) is 24.8 Å². The van der Waals surface area contributed by atoms with E-state index in [-0.39, 0.29) is 5.82 Å². The first kappa shape index (κ1) is 16.4. The van der Waals surface area contributed by atoms with Gasteiger partial charge in [0.05, 0.1) is 0 Å². The van der Waals surface area contributed by atoms with E-state index < -0.39 is 0 Å². The minimum atomic E-state index is -0.158. The molecule has 0 aliphatic rings. The van der Waals surface area contributed by atoms with Crippen LogP contribution in [-0.2, 0) is 19.3 Å². The Kier molecular flexibility index (Phi) is 5.43. The lowest BCUT2D eigenvalue weighted by molar-refractivity contribution is 0.625. The quantitative estimate of drug-likeness (QED) is 0.505. The highest BCUT2D eigenvalue weighted by Gasteiger charge is 2.01. The van der Waals surface area contributed by atoms with Gasteiger partial charge >= 0.3 is 0 Å². The molecule has 0 N–H and O–H groups in total. The molecule has 3 aromatic carbocycles. The Hall–Kier alpha value is -2.41. The maximum Gasteiger partial charge on any atom is 0.123 e. The van der Waals surface area contributed by atoms with Crippen molar-refractivity contribution < 1.29 is 4.39 Å². The van der Waals surface area contributed by atoms with Gasteiger partial charge in [0.1, 0.15) is 5.82 Å². The molecule has 0 radical (unpaired) electrons. The number of hydrogen-bond donors (Lipinski definition) is 0. The van der Waals surface area contributed by atoms with E-state index in [1.807, 2.05) is 6.07 Å². The number of halogens is 1. The zero-order chi connectivity index (χ0) is 16.8. The van der Waals surface area contributed by atoms with E-state index in [9.17, 15) is 4.39 Å². The van der Waals surface area contributed by atoms with Crippen LogP contribution in [0.2, 0.25) is 0 Å². The van der Waals surface area contributed by atoms with Crippen molar-refractivity contribution in [1.29, 1.82) is 0 Å². The van der Waals surface area contributed by atoms with Crippen LogP contribution in [0.25, 0.3) is 11.1 Å². The number of rotatable bonds is 6. The molecular weight excluding hydrogens is 295 g/mol. The average molecular weight is 318 g/mol. The largest absolute Gasteiger partial charge is 0.207 e. The van der Waals surface area contributed by atoms with Gasteiger partial charge in [-0.2, -0.15) is 0 Å². The van der Waals surface area contributed by atoms with Crippen LogP contribution in [0.1, 0.15) is 30.0 Å². The van der Waals surface area contributed by atoms with Crippen LogP contribution in [-0.4, -0.2) is 0 Å². The summed E-state index contributed by atoms with van der Waals surface area (Å²) in [7, 11) is 0. The Bertz CT molecular complexity index is 770. The van der Waals surface area contributed by atoms with Crippen LogP contribution in [0.15, 0.2) is 72.8 Å². The van der Waals surface area contributed by atoms with Crippen molar-refractivity contribution in [3.05, 3.63) is 95.3 Å². The Balaban J connectivity index is 1.64. The molecular formula is C23H23F. The second kappa shape index (κ2) is 7.92. The number of hydrogen-bond acceptors (Lipinski definition) is 0. The Morgan fingerprint density at radius 2 is 1.17 bits per heavy atom. The molecule has 0 fully saturated rings. The van der Waals surface area contributed by atoms with Crippen molar-refractivity contribution in [3.63, 3.8) is 0 Å². The molecule has 0 aliphatic heterocycles. The van der Waals surface area contributed by atoms with Crippen molar-refractivity contribution in [1.82, 2.24) is 0 Å². The number of benzene rings is 3. The van der Waals surface area contributed by atoms with Gasteiger partial charge in [-0.25, -0.2) is 4.39 Å². The summed E-state index contributed by atoms with van der Waals surface area (Å²) >= 11 is 0. The smallest absolute Gasteiger partial charge is 0.123 e. The summed E-state index contributed by atoms with van der Waals surface area (Å²) in [5.74, 6) is -0.158. The lowest BCUT2D eigenvalue weighted by Gasteiger charge is -2.06. The van der Waals surface area contributed by atoms with Crippen molar-refractivity contribution in [2.45, 2.75) is 32.6 Å². The first-order valence-electron chi connectivity index (χ1n) is 8.67. The van der Waals surface area contributed by atoms with E-state index in [1.54, 1.807) is 12.1 Å². The van der Waals surface area contributed by atoms with Crippen molar-refractivity contribution in [3.8, 4) is 11.1 Å². The van der Waals surface area contributed by atoms with Crippen LogP contribution >= 0.6 is 0 Å². The predicted octanol–water partition coefficient (Wildman–Crippen LogP) is 6.23. The normalized spacial score (nSPS) is 10.8. The maximum absolute atomic E-state index is 13.2. The van der Waals surface area contributed by atoms with E-state index in [2.05, 4.69) is 55.5 Å². The van der Waals surface area contributed by atoms with Crippen LogP contribution in [0, 0.1) is 5.82 Å². The van der Waals surface area contributed by atoms with E-state index in [1.165, 1.54) is 34.7 Å². The average Bonchev–Trinajstić information content (AvgIpc) is 2.62. The monoisotopic (exact) mass is 318 g/mol. The van der Waals surface area contributed by atoms with Gasteiger partial charge in [0.25, 0.3) is 0 Å². The van der Waals surface area contributed by atoms with E-state index >= 15 is 0 Å². The summed E-state index contributed by atoms with van der Waals surface area (Å²) in [6.07, 6.45) is 4.11. The topological polar surface area (TPSA) is 0 Å². The lowest BCUT2D eigenvalue weighted by Crippen LogP contribution is -1.92. The molecule has 0 atom stereocenters. The molecule has 0 unspecified atom stereocenters. The molecule has 122 valence electrons. The third kappa shape index (κ3) is 4.32. The van der Waals surface area contributed by atoms with Crippen LogP contribution in [0.5, 0.6) is 0 Å². The second-order valence-corrected chi connectivity index (χ2v) is 6.27. The third-order valence-corrected chi connectivity index (χ3v) is 4.37. The molecule has 0 bridgehead atoms. The summed E-state index contributed by atoms with van der Waals surface area (Å²) in [6, 6.07) is 24.4. The summed E-state index contributed by atoms with van der Waals surface area (Å²) in [5.41, 5.74) is 6.23. The Labute approximate surface area is 144 Å². The van der Waals surface area contributed by atoms with Crippen molar-refractivity contribution >= 4 is 0 Å². The fraction of sp³-hybridized carbons (Fsp3) is 0.217. The van der Waals surface area contributed by atoms with E-state index in [4.69, 9.17) is 0 Å². The SMILES string of the molecule is CCCc1ccc(-c2ccc(CCc3cccc(F)c3)cc2)cc1. The molecule has 0 heterocycles. The van der Waals surface area contributed by atoms with E-state index in [0.29, 0.717) is 0 Å². The molecule has 0 amide bonds. The Morgan fingerprint density at radius 3 is 1.71 bits per heavy atom. The molecule has 1 heteroatoms. The summed E-state index contributed by atoms with van der Waals surface area (Å²) in [6.45, 7) is 2.20. The number of aryl methyl sites for hydroxylation is 3. The van der Waals surface area contributed by atoms with Crippen molar-refractivity contribution in [2.75, 3.05) is 0 Å². The third-order valence-electron chi connectivity index (χ3n) is 4.37. The minimum Gasteiger partial charge on any atom is -0.207 e. The van der Waals surface area contributed by atoms with Gasteiger partial charge in [-0.05, 0) is 59.2 Å². The fourth-order valence-electron chi connectivity index (χ4n) is 3.00. The molecule has 0 saturated heterocycles. The molecule has 0 aromatic heterocycles. The fourth-order valence-corrected chi connectivity index (χ4v) is 3.00. The summed E-state index contributed by atoms with van der Waals surface area (Å²) < 4.78 is 13.2. The minimum absolute atomic E-state index is 0.158. The van der Waals surface area contributed by atoms with Gasteiger partial charge in [-0.1, -0.05) is 74.0 Å².